The lowest BCUT2D eigenvalue weighted by atomic mass is 10.1. The first-order valence-electron chi connectivity index (χ1n) is 6.24. The van der Waals surface area contributed by atoms with Crippen molar-refractivity contribution >= 4 is 22.7 Å². The maximum Gasteiger partial charge on any atom is 0.248 e. The van der Waals surface area contributed by atoms with Crippen LogP contribution in [-0.2, 0) is 6.54 Å². The summed E-state index contributed by atoms with van der Waals surface area (Å²) in [5.74, 6) is 2.39. The molecular weight excluding hydrogens is 244 g/mol. The average Bonchev–Trinajstić information content (AvgIpc) is 2.40. The SMILES string of the molecule is O=c1cc(CN2CCSCC2)c2ccccc2[nH]1. The predicted molar refractivity (Wildman–Crippen MR) is 77.2 cm³/mol. The van der Waals surface area contributed by atoms with Gasteiger partial charge in [-0.25, -0.2) is 0 Å². The molecule has 0 aliphatic carbocycles. The van der Waals surface area contributed by atoms with Crippen molar-refractivity contribution in [3.8, 4) is 0 Å². The monoisotopic (exact) mass is 260 g/mol. The molecule has 0 amide bonds. The van der Waals surface area contributed by atoms with E-state index in [1.807, 2.05) is 30.0 Å². The summed E-state index contributed by atoms with van der Waals surface area (Å²) in [6.45, 7) is 3.11. The van der Waals surface area contributed by atoms with Crippen LogP contribution in [0.5, 0.6) is 0 Å². The normalized spacial score (nSPS) is 17.1. The highest BCUT2D eigenvalue weighted by Crippen LogP contribution is 2.18. The molecule has 3 nitrogen and oxygen atoms in total. The van der Waals surface area contributed by atoms with Crippen LogP contribution in [0, 0.1) is 0 Å². The Morgan fingerprint density at radius 1 is 1.22 bits per heavy atom. The number of para-hydroxylation sites is 1. The van der Waals surface area contributed by atoms with E-state index >= 15 is 0 Å². The maximum atomic E-state index is 11.7. The number of hydrogen-bond donors (Lipinski definition) is 1. The number of H-pyrrole nitrogens is 1. The zero-order valence-electron chi connectivity index (χ0n) is 10.2. The van der Waals surface area contributed by atoms with Gasteiger partial charge < -0.3 is 4.98 Å². The third kappa shape index (κ3) is 2.44. The molecule has 1 N–H and O–H groups in total. The summed E-state index contributed by atoms with van der Waals surface area (Å²) >= 11 is 2.01. The predicted octanol–water partition coefficient (Wildman–Crippen LogP) is 2.08. The molecule has 4 heteroatoms. The van der Waals surface area contributed by atoms with E-state index in [1.54, 1.807) is 6.07 Å². The minimum atomic E-state index is -0.00455. The van der Waals surface area contributed by atoms with Crippen LogP contribution in [-0.4, -0.2) is 34.5 Å². The zero-order valence-corrected chi connectivity index (χ0v) is 11.0. The summed E-state index contributed by atoms with van der Waals surface area (Å²) in [6.07, 6.45) is 0. The van der Waals surface area contributed by atoms with Crippen molar-refractivity contribution < 1.29 is 0 Å². The number of benzene rings is 1. The van der Waals surface area contributed by atoms with Gasteiger partial charge in [0.15, 0.2) is 0 Å². The van der Waals surface area contributed by atoms with Gasteiger partial charge in [-0.3, -0.25) is 9.69 Å². The van der Waals surface area contributed by atoms with Crippen LogP contribution in [0.1, 0.15) is 5.56 Å². The van der Waals surface area contributed by atoms with Crippen molar-refractivity contribution in [2.75, 3.05) is 24.6 Å². The molecule has 0 radical (unpaired) electrons. The van der Waals surface area contributed by atoms with Gasteiger partial charge in [-0.15, -0.1) is 0 Å². The van der Waals surface area contributed by atoms with Crippen LogP contribution >= 0.6 is 11.8 Å². The van der Waals surface area contributed by atoms with Crippen LogP contribution in [0.2, 0.25) is 0 Å². The molecule has 1 saturated heterocycles. The second kappa shape index (κ2) is 5.16. The lowest BCUT2D eigenvalue weighted by Gasteiger charge is -2.26. The summed E-state index contributed by atoms with van der Waals surface area (Å²) in [5, 5.41) is 1.16. The molecule has 1 aliphatic rings. The van der Waals surface area contributed by atoms with Crippen LogP contribution in [0.25, 0.3) is 10.9 Å². The molecule has 0 bridgehead atoms. The number of aromatic nitrogens is 1. The third-order valence-electron chi connectivity index (χ3n) is 3.33. The minimum Gasteiger partial charge on any atom is -0.322 e. The molecule has 2 heterocycles. The van der Waals surface area contributed by atoms with Gasteiger partial charge in [0.25, 0.3) is 0 Å². The highest BCUT2D eigenvalue weighted by Gasteiger charge is 2.12. The molecule has 0 saturated carbocycles. The van der Waals surface area contributed by atoms with Gasteiger partial charge in [0, 0.05) is 48.1 Å². The second-order valence-corrected chi connectivity index (χ2v) is 5.82. The first-order valence-corrected chi connectivity index (χ1v) is 7.39. The molecule has 0 atom stereocenters. The van der Waals surface area contributed by atoms with Gasteiger partial charge in [-0.2, -0.15) is 11.8 Å². The maximum absolute atomic E-state index is 11.7. The lowest BCUT2D eigenvalue weighted by molar-refractivity contribution is 0.295. The van der Waals surface area contributed by atoms with Crippen LogP contribution in [0.3, 0.4) is 0 Å². The molecule has 3 rings (SSSR count). The van der Waals surface area contributed by atoms with Crippen LogP contribution < -0.4 is 5.56 Å². The van der Waals surface area contributed by atoms with Gasteiger partial charge in [-0.05, 0) is 11.6 Å². The Hall–Kier alpha value is -1.26. The van der Waals surface area contributed by atoms with E-state index in [1.165, 1.54) is 11.5 Å². The van der Waals surface area contributed by atoms with Crippen LogP contribution in [0.15, 0.2) is 35.1 Å². The fraction of sp³-hybridized carbons (Fsp3) is 0.357. The second-order valence-electron chi connectivity index (χ2n) is 4.59. The smallest absolute Gasteiger partial charge is 0.248 e. The molecule has 2 aromatic rings. The topological polar surface area (TPSA) is 36.1 Å². The molecular formula is C14H16N2OS. The van der Waals surface area contributed by atoms with Gasteiger partial charge in [-0.1, -0.05) is 18.2 Å². The first-order chi connectivity index (χ1) is 8.83. The van der Waals surface area contributed by atoms with Crippen LogP contribution in [0.4, 0.5) is 0 Å². The Balaban J connectivity index is 1.97. The lowest BCUT2D eigenvalue weighted by Crippen LogP contribution is -2.32. The van der Waals surface area contributed by atoms with E-state index in [9.17, 15) is 4.79 Å². The van der Waals surface area contributed by atoms with Gasteiger partial charge >= 0.3 is 0 Å². The fourth-order valence-corrected chi connectivity index (χ4v) is 3.39. The number of thioether (sulfide) groups is 1. The number of nitrogens with one attached hydrogen (secondary N) is 1. The van der Waals surface area contributed by atoms with E-state index in [2.05, 4.69) is 16.0 Å². The van der Waals surface area contributed by atoms with E-state index < -0.39 is 0 Å². The molecule has 18 heavy (non-hydrogen) atoms. The summed E-state index contributed by atoms with van der Waals surface area (Å²) in [5.41, 5.74) is 2.07. The van der Waals surface area contributed by atoms with Crippen molar-refractivity contribution in [2.24, 2.45) is 0 Å². The number of nitrogens with zero attached hydrogens (tertiary/aromatic N) is 1. The van der Waals surface area contributed by atoms with Crippen molar-refractivity contribution in [2.45, 2.75) is 6.54 Å². The molecule has 1 aromatic heterocycles. The molecule has 1 aromatic carbocycles. The van der Waals surface area contributed by atoms with E-state index in [4.69, 9.17) is 0 Å². The average molecular weight is 260 g/mol. The molecule has 1 aliphatic heterocycles. The quantitative estimate of drug-likeness (QED) is 0.898. The number of aromatic amines is 1. The van der Waals surface area contributed by atoms with Gasteiger partial charge in [0.2, 0.25) is 5.56 Å². The highest BCUT2D eigenvalue weighted by molar-refractivity contribution is 7.99. The highest BCUT2D eigenvalue weighted by atomic mass is 32.2. The summed E-state index contributed by atoms with van der Waals surface area (Å²) in [4.78, 5) is 17.0. The Morgan fingerprint density at radius 2 is 2.00 bits per heavy atom. The van der Waals surface area contributed by atoms with Crippen molar-refractivity contribution in [1.82, 2.24) is 9.88 Å². The summed E-state index contributed by atoms with van der Waals surface area (Å²) in [6, 6.07) is 9.77. The Kier molecular flexibility index (Phi) is 3.39. The number of rotatable bonds is 2. The molecule has 94 valence electrons. The largest absolute Gasteiger partial charge is 0.322 e. The van der Waals surface area contributed by atoms with E-state index in [0.29, 0.717) is 0 Å². The number of pyridine rings is 1. The molecule has 1 fully saturated rings. The standard InChI is InChI=1S/C14H16N2OS/c17-14-9-11(10-16-5-7-18-8-6-16)12-3-1-2-4-13(12)15-14/h1-4,9H,5-8,10H2,(H,15,17). The van der Waals surface area contributed by atoms with Gasteiger partial charge in [0.05, 0.1) is 0 Å². The Labute approximate surface area is 110 Å². The van der Waals surface area contributed by atoms with E-state index in [-0.39, 0.29) is 5.56 Å². The molecule has 0 spiro atoms. The number of hydrogen-bond acceptors (Lipinski definition) is 3. The Bertz CT molecular complexity index is 602. The summed E-state index contributed by atoms with van der Waals surface area (Å²) < 4.78 is 0. The number of fused-ring (bicyclic) bond motifs is 1. The first kappa shape index (κ1) is 11.8. The Morgan fingerprint density at radius 3 is 2.83 bits per heavy atom. The summed E-state index contributed by atoms with van der Waals surface area (Å²) in [7, 11) is 0. The zero-order chi connectivity index (χ0) is 12.4. The van der Waals surface area contributed by atoms with Crippen molar-refractivity contribution in [3.63, 3.8) is 0 Å². The fourth-order valence-electron chi connectivity index (χ4n) is 2.41. The van der Waals surface area contributed by atoms with Gasteiger partial charge in [0.1, 0.15) is 0 Å². The van der Waals surface area contributed by atoms with Crippen molar-refractivity contribution in [3.05, 3.63) is 46.2 Å². The minimum absolute atomic E-state index is 0.00455. The third-order valence-corrected chi connectivity index (χ3v) is 4.28. The molecule has 0 unspecified atom stereocenters. The van der Waals surface area contributed by atoms with Crippen molar-refractivity contribution in [1.29, 1.82) is 0 Å². The van der Waals surface area contributed by atoms with E-state index in [0.717, 1.165) is 36.1 Å².